The van der Waals surface area contributed by atoms with Crippen LogP contribution in [-0.4, -0.2) is 23.1 Å². The summed E-state index contributed by atoms with van der Waals surface area (Å²) in [7, 11) is 0. The number of ether oxygens (including phenoxy) is 1. The van der Waals surface area contributed by atoms with Crippen LogP contribution in [-0.2, 0) is 12.3 Å². The number of halogens is 2. The van der Waals surface area contributed by atoms with Crippen LogP contribution < -0.4 is 15.8 Å². The number of hydrogen-bond donors (Lipinski definition) is 2. The highest BCUT2D eigenvalue weighted by atomic mass is 19.3. The zero-order valence-corrected chi connectivity index (χ0v) is 15.3. The van der Waals surface area contributed by atoms with Gasteiger partial charge in [0, 0.05) is 19.0 Å². The number of nitrogens with zero attached hydrogens (tertiary/aromatic N) is 2. The van der Waals surface area contributed by atoms with E-state index in [9.17, 15) is 8.78 Å². The Labute approximate surface area is 153 Å². The molecule has 142 valence electrons. The second-order valence-electron chi connectivity index (χ2n) is 6.22. The van der Waals surface area contributed by atoms with Crippen LogP contribution in [0.5, 0.6) is 5.75 Å². The molecule has 0 amide bonds. The molecule has 0 radical (unpaired) electrons. The summed E-state index contributed by atoms with van der Waals surface area (Å²) in [5.74, 6) is -1.59. The summed E-state index contributed by atoms with van der Waals surface area (Å²) < 4.78 is 33.1. The summed E-state index contributed by atoms with van der Waals surface area (Å²) in [5, 5.41) is 3.19. The van der Waals surface area contributed by atoms with E-state index in [0.29, 0.717) is 36.6 Å². The van der Waals surface area contributed by atoms with Crippen molar-refractivity contribution in [3.8, 4) is 5.75 Å². The SMILES string of the molecule is CCCCNc1nc(N)ncc1OCCCc1ccccc1C(C)(F)F. The van der Waals surface area contributed by atoms with Crippen molar-refractivity contribution in [2.45, 2.75) is 45.5 Å². The fourth-order valence-corrected chi connectivity index (χ4v) is 2.61. The Morgan fingerprint density at radius 2 is 2.00 bits per heavy atom. The fraction of sp³-hybridized carbons (Fsp3) is 0.474. The Bertz CT molecular complexity index is 704. The summed E-state index contributed by atoms with van der Waals surface area (Å²) in [6.07, 6.45) is 4.71. The van der Waals surface area contributed by atoms with Gasteiger partial charge in [-0.1, -0.05) is 37.6 Å². The lowest BCUT2D eigenvalue weighted by atomic mass is 9.99. The van der Waals surface area contributed by atoms with Crippen molar-refractivity contribution in [3.05, 3.63) is 41.6 Å². The Kier molecular flexibility index (Phi) is 7.12. The highest BCUT2D eigenvalue weighted by Gasteiger charge is 2.26. The van der Waals surface area contributed by atoms with Gasteiger partial charge in [-0.3, -0.25) is 0 Å². The molecule has 0 aliphatic heterocycles. The van der Waals surface area contributed by atoms with Crippen molar-refractivity contribution >= 4 is 11.8 Å². The van der Waals surface area contributed by atoms with E-state index in [1.165, 1.54) is 12.3 Å². The summed E-state index contributed by atoms with van der Waals surface area (Å²) in [5.41, 5.74) is 6.34. The summed E-state index contributed by atoms with van der Waals surface area (Å²) in [6.45, 7) is 4.16. The zero-order chi connectivity index (χ0) is 19.0. The van der Waals surface area contributed by atoms with Gasteiger partial charge in [-0.15, -0.1) is 0 Å². The van der Waals surface area contributed by atoms with Gasteiger partial charge in [-0.05, 0) is 24.8 Å². The number of nitrogens with two attached hydrogens (primary N) is 1. The smallest absolute Gasteiger partial charge is 0.270 e. The van der Waals surface area contributed by atoms with Crippen LogP contribution in [0.2, 0.25) is 0 Å². The predicted octanol–water partition coefficient (Wildman–Crippen LogP) is 4.39. The van der Waals surface area contributed by atoms with E-state index >= 15 is 0 Å². The summed E-state index contributed by atoms with van der Waals surface area (Å²) in [4.78, 5) is 8.11. The Morgan fingerprint density at radius 1 is 1.23 bits per heavy atom. The topological polar surface area (TPSA) is 73.1 Å². The molecule has 0 atom stereocenters. The van der Waals surface area contributed by atoms with Gasteiger partial charge in [0.1, 0.15) is 0 Å². The maximum absolute atomic E-state index is 13.7. The minimum absolute atomic E-state index is 0.0674. The average Bonchev–Trinajstić information content (AvgIpc) is 2.60. The minimum atomic E-state index is -2.85. The van der Waals surface area contributed by atoms with Crippen molar-refractivity contribution in [1.82, 2.24) is 9.97 Å². The first-order valence-corrected chi connectivity index (χ1v) is 8.87. The van der Waals surface area contributed by atoms with Crippen molar-refractivity contribution in [2.75, 3.05) is 24.2 Å². The number of nitrogen functional groups attached to an aromatic ring is 1. The number of aryl methyl sites for hydroxylation is 1. The van der Waals surface area contributed by atoms with Crippen molar-refractivity contribution in [1.29, 1.82) is 0 Å². The molecule has 0 spiro atoms. The van der Waals surface area contributed by atoms with Crippen LogP contribution in [0.15, 0.2) is 30.5 Å². The van der Waals surface area contributed by atoms with E-state index < -0.39 is 5.92 Å². The number of aromatic nitrogens is 2. The maximum Gasteiger partial charge on any atom is 0.270 e. The van der Waals surface area contributed by atoms with E-state index in [0.717, 1.165) is 26.3 Å². The number of anilines is 2. The maximum atomic E-state index is 13.7. The highest BCUT2D eigenvalue weighted by Crippen LogP contribution is 2.30. The Hall–Kier alpha value is -2.44. The van der Waals surface area contributed by atoms with Gasteiger partial charge < -0.3 is 15.8 Å². The molecule has 7 heteroatoms. The van der Waals surface area contributed by atoms with Crippen LogP contribution in [0.1, 0.15) is 44.2 Å². The molecule has 1 aromatic carbocycles. The van der Waals surface area contributed by atoms with Gasteiger partial charge in [-0.2, -0.15) is 4.98 Å². The molecule has 2 aromatic rings. The lowest BCUT2D eigenvalue weighted by molar-refractivity contribution is 0.0165. The lowest BCUT2D eigenvalue weighted by Gasteiger charge is -2.16. The predicted molar refractivity (Wildman–Crippen MR) is 99.7 cm³/mol. The largest absolute Gasteiger partial charge is 0.488 e. The molecular weight excluding hydrogens is 338 g/mol. The monoisotopic (exact) mass is 364 g/mol. The molecule has 0 saturated heterocycles. The van der Waals surface area contributed by atoms with Crippen LogP contribution in [0, 0.1) is 0 Å². The quantitative estimate of drug-likeness (QED) is 0.612. The van der Waals surface area contributed by atoms with Gasteiger partial charge in [0.15, 0.2) is 11.6 Å². The van der Waals surface area contributed by atoms with Crippen LogP contribution in [0.3, 0.4) is 0 Å². The molecule has 1 aromatic heterocycles. The fourth-order valence-electron chi connectivity index (χ4n) is 2.61. The van der Waals surface area contributed by atoms with E-state index in [-0.39, 0.29) is 11.5 Å². The molecule has 3 N–H and O–H groups in total. The summed E-state index contributed by atoms with van der Waals surface area (Å²) >= 11 is 0. The van der Waals surface area contributed by atoms with Crippen LogP contribution in [0.4, 0.5) is 20.5 Å². The first-order valence-electron chi connectivity index (χ1n) is 8.87. The molecule has 0 aliphatic carbocycles. The number of nitrogens with one attached hydrogen (secondary N) is 1. The molecule has 0 unspecified atom stereocenters. The normalized spacial score (nSPS) is 11.4. The third-order valence-corrected chi connectivity index (χ3v) is 3.93. The molecule has 0 bridgehead atoms. The molecule has 1 heterocycles. The first-order chi connectivity index (χ1) is 12.4. The molecule has 26 heavy (non-hydrogen) atoms. The van der Waals surface area contributed by atoms with Crippen LogP contribution >= 0.6 is 0 Å². The molecule has 0 aliphatic rings. The standard InChI is InChI=1S/C19H26F2N4O/c1-3-4-11-23-17-16(13-24-18(22)25-17)26-12-7-9-14-8-5-6-10-15(14)19(2,20)21/h5-6,8,10,13H,3-4,7,9,11-12H2,1-2H3,(H3,22,23,24,25). The number of hydrogen-bond acceptors (Lipinski definition) is 5. The second kappa shape index (κ2) is 9.31. The third-order valence-electron chi connectivity index (χ3n) is 3.93. The Balaban J connectivity index is 1.93. The van der Waals surface area contributed by atoms with Crippen molar-refractivity contribution in [3.63, 3.8) is 0 Å². The van der Waals surface area contributed by atoms with E-state index in [4.69, 9.17) is 10.5 Å². The Morgan fingerprint density at radius 3 is 2.73 bits per heavy atom. The van der Waals surface area contributed by atoms with Gasteiger partial charge in [-0.25, -0.2) is 13.8 Å². The average molecular weight is 364 g/mol. The van der Waals surface area contributed by atoms with E-state index in [1.54, 1.807) is 18.2 Å². The van der Waals surface area contributed by atoms with Gasteiger partial charge in [0.05, 0.1) is 12.8 Å². The lowest BCUT2D eigenvalue weighted by Crippen LogP contribution is -2.12. The summed E-state index contributed by atoms with van der Waals surface area (Å²) in [6, 6.07) is 6.61. The van der Waals surface area contributed by atoms with Gasteiger partial charge in [0.25, 0.3) is 5.92 Å². The minimum Gasteiger partial charge on any atom is -0.488 e. The number of benzene rings is 1. The molecular formula is C19H26F2N4O. The molecule has 0 fully saturated rings. The van der Waals surface area contributed by atoms with Gasteiger partial charge >= 0.3 is 0 Å². The first kappa shape index (κ1) is 19.9. The second-order valence-corrected chi connectivity index (χ2v) is 6.22. The number of unbranched alkanes of at least 4 members (excludes halogenated alkanes) is 1. The zero-order valence-electron chi connectivity index (χ0n) is 15.3. The highest BCUT2D eigenvalue weighted by molar-refractivity contribution is 5.51. The van der Waals surface area contributed by atoms with Crippen molar-refractivity contribution < 1.29 is 13.5 Å². The van der Waals surface area contributed by atoms with Crippen molar-refractivity contribution in [2.24, 2.45) is 0 Å². The molecule has 0 saturated carbocycles. The molecule has 2 rings (SSSR count). The van der Waals surface area contributed by atoms with Gasteiger partial charge in [0.2, 0.25) is 5.95 Å². The third kappa shape index (κ3) is 5.82. The molecule has 5 nitrogen and oxygen atoms in total. The van der Waals surface area contributed by atoms with E-state index in [2.05, 4.69) is 22.2 Å². The number of alkyl halides is 2. The number of rotatable bonds is 10. The van der Waals surface area contributed by atoms with Crippen LogP contribution in [0.25, 0.3) is 0 Å². The van der Waals surface area contributed by atoms with E-state index in [1.807, 2.05) is 0 Å².